The summed E-state index contributed by atoms with van der Waals surface area (Å²) in [6.07, 6.45) is -0.0470. The number of halogens is 2. The maximum absolute atomic E-state index is 11.6. The van der Waals surface area contributed by atoms with Crippen LogP contribution in [0.3, 0.4) is 0 Å². The van der Waals surface area contributed by atoms with Crippen molar-refractivity contribution < 1.29 is 13.5 Å². The Morgan fingerprint density at radius 2 is 1.92 bits per heavy atom. The van der Waals surface area contributed by atoms with Crippen LogP contribution in [-0.4, -0.2) is 30.5 Å². The minimum Gasteiger partial charge on any atom is -0.386 e. The highest BCUT2D eigenvalue weighted by Crippen LogP contribution is 2.39. The number of aromatic nitrogens is 1. The van der Waals surface area contributed by atoms with Crippen molar-refractivity contribution in [2.45, 2.75) is 6.10 Å². The molecule has 0 aliphatic heterocycles. The molecule has 24 heavy (non-hydrogen) atoms. The molecule has 0 fully saturated rings. The van der Waals surface area contributed by atoms with E-state index in [1.54, 1.807) is 6.07 Å². The molecule has 0 radical (unpaired) electrons. The molecule has 7 heteroatoms. The van der Waals surface area contributed by atoms with E-state index in [1.165, 1.54) is 0 Å². The Bertz CT molecular complexity index is 1000. The number of rotatable bonds is 4. The predicted molar refractivity (Wildman–Crippen MR) is 101 cm³/mol. The maximum Gasteiger partial charge on any atom is 0.150 e. The van der Waals surface area contributed by atoms with E-state index in [2.05, 4.69) is 20.9 Å². The Hall–Kier alpha value is -1.34. The number of sulfone groups is 1. The zero-order valence-electron chi connectivity index (χ0n) is 12.8. The second kappa shape index (κ2) is 6.52. The van der Waals surface area contributed by atoms with Gasteiger partial charge in [0.25, 0.3) is 0 Å². The van der Waals surface area contributed by atoms with Crippen molar-refractivity contribution in [2.24, 2.45) is 0 Å². The number of benzene rings is 2. The molecule has 0 saturated carbocycles. The maximum atomic E-state index is 11.6. The van der Waals surface area contributed by atoms with Gasteiger partial charge in [-0.05, 0) is 33.6 Å². The molecule has 2 N–H and O–H groups in total. The van der Waals surface area contributed by atoms with Crippen molar-refractivity contribution in [1.82, 2.24) is 4.98 Å². The first kappa shape index (κ1) is 17.5. The highest BCUT2D eigenvalue weighted by atomic mass is 79.9. The molecule has 0 aliphatic rings. The summed E-state index contributed by atoms with van der Waals surface area (Å²) in [6, 6.07) is 13.1. The lowest BCUT2D eigenvalue weighted by Gasteiger charge is -2.11. The minimum atomic E-state index is -3.33. The monoisotopic (exact) mass is 427 g/mol. The third kappa shape index (κ3) is 3.52. The van der Waals surface area contributed by atoms with Crippen molar-refractivity contribution in [3.8, 4) is 11.1 Å². The summed E-state index contributed by atoms with van der Waals surface area (Å²) >= 11 is 9.61. The van der Waals surface area contributed by atoms with Gasteiger partial charge in [0.05, 0.1) is 16.5 Å². The van der Waals surface area contributed by atoms with Crippen LogP contribution in [0.25, 0.3) is 22.0 Å². The molecule has 3 rings (SSSR count). The number of aromatic amines is 1. The summed E-state index contributed by atoms with van der Waals surface area (Å²) < 4.78 is 23.9. The Morgan fingerprint density at radius 3 is 2.54 bits per heavy atom. The fraction of sp³-hybridized carbons (Fsp3) is 0.176. The summed E-state index contributed by atoms with van der Waals surface area (Å²) in [5, 5.41) is 11.9. The number of H-pyrrole nitrogens is 1. The molecule has 0 saturated heterocycles. The van der Waals surface area contributed by atoms with Crippen LogP contribution in [0.15, 0.2) is 46.9 Å². The van der Waals surface area contributed by atoms with Gasteiger partial charge in [0.2, 0.25) is 0 Å². The Balaban J connectivity index is 2.28. The topological polar surface area (TPSA) is 70.2 Å². The molecule has 126 valence electrons. The van der Waals surface area contributed by atoms with Gasteiger partial charge in [0.1, 0.15) is 15.9 Å². The van der Waals surface area contributed by atoms with Crippen LogP contribution in [0.2, 0.25) is 5.02 Å². The molecule has 1 atom stereocenters. The molecular formula is C17H15BrClNO3S. The summed E-state index contributed by atoms with van der Waals surface area (Å²) in [5.74, 6) is -0.353. The van der Waals surface area contributed by atoms with Gasteiger partial charge in [0, 0.05) is 27.2 Å². The van der Waals surface area contributed by atoms with Crippen LogP contribution in [0.4, 0.5) is 0 Å². The quantitative estimate of drug-likeness (QED) is 0.650. The molecule has 0 spiro atoms. The van der Waals surface area contributed by atoms with Crippen molar-refractivity contribution in [2.75, 3.05) is 12.0 Å². The van der Waals surface area contributed by atoms with Crippen LogP contribution in [0.5, 0.6) is 0 Å². The number of aliphatic hydroxyl groups excluding tert-OH is 1. The fourth-order valence-corrected chi connectivity index (χ4v) is 3.99. The first-order valence-corrected chi connectivity index (χ1v) is 10.4. The lowest BCUT2D eigenvalue weighted by Crippen LogP contribution is -2.13. The van der Waals surface area contributed by atoms with E-state index in [4.69, 9.17) is 11.6 Å². The lowest BCUT2D eigenvalue weighted by atomic mass is 10.00. The molecule has 3 aromatic rings. The second-order valence-electron chi connectivity index (χ2n) is 5.70. The largest absolute Gasteiger partial charge is 0.386 e. The molecule has 2 aromatic carbocycles. The number of hydrogen-bond donors (Lipinski definition) is 2. The van der Waals surface area contributed by atoms with E-state index in [9.17, 15) is 13.5 Å². The minimum absolute atomic E-state index is 0.353. The average molecular weight is 429 g/mol. The first-order chi connectivity index (χ1) is 11.3. The number of nitrogens with one attached hydrogen (secondary N) is 1. The normalized spacial score (nSPS) is 13.3. The molecule has 0 bridgehead atoms. The molecule has 1 heterocycles. The van der Waals surface area contributed by atoms with E-state index >= 15 is 0 Å². The number of fused-ring (bicyclic) bond motifs is 1. The van der Waals surface area contributed by atoms with Gasteiger partial charge < -0.3 is 10.1 Å². The summed E-state index contributed by atoms with van der Waals surface area (Å²) in [4.78, 5) is 3.15. The summed E-state index contributed by atoms with van der Waals surface area (Å²) in [5.41, 5.74) is 2.88. The third-order valence-electron chi connectivity index (χ3n) is 3.72. The van der Waals surface area contributed by atoms with Crippen molar-refractivity contribution >= 4 is 48.3 Å². The van der Waals surface area contributed by atoms with Gasteiger partial charge in [-0.15, -0.1) is 0 Å². The smallest absolute Gasteiger partial charge is 0.150 e. The first-order valence-electron chi connectivity index (χ1n) is 7.18. The van der Waals surface area contributed by atoms with Crippen LogP contribution < -0.4 is 0 Å². The van der Waals surface area contributed by atoms with Crippen LogP contribution in [-0.2, 0) is 9.84 Å². The summed E-state index contributed by atoms with van der Waals surface area (Å²) in [6.45, 7) is 0. The SMILES string of the molecule is CS(=O)(=O)CC(O)c1[nH]c2cc(Br)c(Cl)cc2c1-c1ccccc1. The lowest BCUT2D eigenvalue weighted by molar-refractivity contribution is 0.198. The van der Waals surface area contributed by atoms with Gasteiger partial charge in [0.15, 0.2) is 0 Å². The van der Waals surface area contributed by atoms with E-state index < -0.39 is 15.9 Å². The Labute approximate surface area is 153 Å². The van der Waals surface area contributed by atoms with Crippen LogP contribution in [0, 0.1) is 0 Å². The van der Waals surface area contributed by atoms with E-state index in [1.807, 2.05) is 36.4 Å². The van der Waals surface area contributed by atoms with Crippen LogP contribution in [0.1, 0.15) is 11.8 Å². The third-order valence-corrected chi connectivity index (χ3v) is 5.84. The number of aliphatic hydroxyl groups is 1. The van der Waals surface area contributed by atoms with E-state index in [0.29, 0.717) is 10.7 Å². The average Bonchev–Trinajstić information content (AvgIpc) is 2.85. The van der Waals surface area contributed by atoms with Crippen molar-refractivity contribution in [1.29, 1.82) is 0 Å². The molecular weight excluding hydrogens is 414 g/mol. The zero-order valence-corrected chi connectivity index (χ0v) is 15.9. The van der Waals surface area contributed by atoms with E-state index in [0.717, 1.165) is 32.8 Å². The van der Waals surface area contributed by atoms with Crippen LogP contribution >= 0.6 is 27.5 Å². The number of hydrogen-bond acceptors (Lipinski definition) is 3. The van der Waals surface area contributed by atoms with Gasteiger partial charge in [-0.25, -0.2) is 8.42 Å². The van der Waals surface area contributed by atoms with Gasteiger partial charge in [-0.1, -0.05) is 41.9 Å². The van der Waals surface area contributed by atoms with Gasteiger partial charge in [-0.3, -0.25) is 0 Å². The molecule has 0 aliphatic carbocycles. The standard InChI is InChI=1S/C17H15BrClNO3S/c1-24(22,23)9-15(21)17-16(10-5-3-2-4-6-10)11-7-13(19)12(18)8-14(11)20-17/h2-8,15,20-21H,9H2,1H3. The van der Waals surface area contributed by atoms with E-state index in [-0.39, 0.29) is 5.75 Å². The fourth-order valence-electron chi connectivity index (χ4n) is 2.75. The Morgan fingerprint density at radius 1 is 1.25 bits per heavy atom. The highest BCUT2D eigenvalue weighted by molar-refractivity contribution is 9.10. The van der Waals surface area contributed by atoms with Crippen molar-refractivity contribution in [3.63, 3.8) is 0 Å². The molecule has 1 unspecified atom stereocenters. The molecule has 1 aromatic heterocycles. The predicted octanol–water partition coefficient (Wildman–Crippen LogP) is 4.33. The van der Waals surface area contributed by atoms with Crippen molar-refractivity contribution in [3.05, 3.63) is 57.7 Å². The van der Waals surface area contributed by atoms with Gasteiger partial charge in [-0.2, -0.15) is 0 Å². The molecule has 0 amide bonds. The molecule has 4 nitrogen and oxygen atoms in total. The summed E-state index contributed by atoms with van der Waals surface area (Å²) in [7, 11) is -3.33. The Kier molecular flexibility index (Phi) is 4.75. The zero-order chi connectivity index (χ0) is 17.5. The highest BCUT2D eigenvalue weighted by Gasteiger charge is 2.23. The van der Waals surface area contributed by atoms with Gasteiger partial charge >= 0.3 is 0 Å². The second-order valence-corrected chi connectivity index (χ2v) is 9.15.